The number of β-amino-alcohol motifs (C(OH)–C–C–N with tert-alkyl or cyclic N) is 1. The van der Waals surface area contributed by atoms with Crippen molar-refractivity contribution in [3.05, 3.63) is 58.9 Å². The Morgan fingerprint density at radius 3 is 2.64 bits per heavy atom. The first kappa shape index (κ1) is 23.1. The molecule has 0 unspecified atom stereocenters. The number of hydroxylamine groups is 1. The number of rotatable bonds is 6. The van der Waals surface area contributed by atoms with Crippen LogP contribution in [-0.4, -0.2) is 45.7 Å². The summed E-state index contributed by atoms with van der Waals surface area (Å²) in [6.07, 6.45) is -0.684. The Bertz CT molecular complexity index is 1180. The van der Waals surface area contributed by atoms with Crippen molar-refractivity contribution in [3.8, 4) is 5.75 Å². The Hall–Kier alpha value is -3.10. The van der Waals surface area contributed by atoms with Gasteiger partial charge in [0.05, 0.1) is 11.8 Å². The van der Waals surface area contributed by atoms with Crippen LogP contribution in [0.2, 0.25) is 5.02 Å². The van der Waals surface area contributed by atoms with E-state index in [4.69, 9.17) is 21.0 Å². The van der Waals surface area contributed by atoms with Crippen LogP contribution >= 0.6 is 11.6 Å². The highest BCUT2D eigenvalue weighted by Gasteiger charge is 2.43. The molecular weight excluding hydrogens is 446 g/mol. The number of hydrogen-bond acceptors (Lipinski definition) is 6. The lowest BCUT2D eigenvalue weighted by Crippen LogP contribution is -2.48. The van der Waals surface area contributed by atoms with Gasteiger partial charge in [0, 0.05) is 24.1 Å². The number of aliphatic hydroxyl groups is 1. The SMILES string of the molecule is Cc1cc([C@@H](C(=O)N2C[C@H](O)C[C@H]2C(=O)NOc2ccc3cc(Cl)ccc3c2)C(C)C)on1. The minimum Gasteiger partial charge on any atom is -0.391 e. The van der Waals surface area contributed by atoms with Gasteiger partial charge in [-0.1, -0.05) is 42.7 Å². The van der Waals surface area contributed by atoms with E-state index in [1.54, 1.807) is 31.2 Å². The molecule has 0 saturated carbocycles. The van der Waals surface area contributed by atoms with Crippen molar-refractivity contribution in [1.82, 2.24) is 15.5 Å². The first-order chi connectivity index (χ1) is 15.7. The van der Waals surface area contributed by atoms with Crippen LogP contribution in [0, 0.1) is 12.8 Å². The highest BCUT2D eigenvalue weighted by Crippen LogP contribution is 2.31. The van der Waals surface area contributed by atoms with Gasteiger partial charge in [-0.3, -0.25) is 9.59 Å². The highest BCUT2D eigenvalue weighted by atomic mass is 35.5. The fourth-order valence-corrected chi connectivity index (χ4v) is 4.37. The maximum Gasteiger partial charge on any atom is 0.275 e. The van der Waals surface area contributed by atoms with Gasteiger partial charge in [0.2, 0.25) is 5.91 Å². The molecular formula is C24H26ClN3O5. The van der Waals surface area contributed by atoms with Crippen molar-refractivity contribution < 1.29 is 24.1 Å². The number of aromatic nitrogens is 1. The molecule has 174 valence electrons. The summed E-state index contributed by atoms with van der Waals surface area (Å²) in [6, 6.07) is 11.7. The number of hydrogen-bond donors (Lipinski definition) is 2. The minimum atomic E-state index is -0.864. The van der Waals surface area contributed by atoms with E-state index in [0.29, 0.717) is 22.2 Å². The second-order valence-electron chi connectivity index (χ2n) is 8.71. The van der Waals surface area contributed by atoms with Crippen LogP contribution in [0.25, 0.3) is 10.8 Å². The van der Waals surface area contributed by atoms with E-state index in [9.17, 15) is 14.7 Å². The molecule has 33 heavy (non-hydrogen) atoms. The molecule has 8 nitrogen and oxygen atoms in total. The maximum atomic E-state index is 13.4. The van der Waals surface area contributed by atoms with Crippen molar-refractivity contribution in [2.24, 2.45) is 5.92 Å². The largest absolute Gasteiger partial charge is 0.391 e. The number of amides is 2. The van der Waals surface area contributed by atoms with Crippen molar-refractivity contribution in [1.29, 1.82) is 0 Å². The Morgan fingerprint density at radius 1 is 1.21 bits per heavy atom. The van der Waals surface area contributed by atoms with E-state index >= 15 is 0 Å². The van der Waals surface area contributed by atoms with Crippen molar-refractivity contribution >= 4 is 34.2 Å². The molecule has 3 aromatic rings. The topological polar surface area (TPSA) is 105 Å². The first-order valence-electron chi connectivity index (χ1n) is 10.8. The number of fused-ring (bicyclic) bond motifs is 1. The average Bonchev–Trinajstić information content (AvgIpc) is 3.37. The maximum absolute atomic E-state index is 13.4. The molecule has 3 atom stereocenters. The van der Waals surface area contributed by atoms with Crippen molar-refractivity contribution in [3.63, 3.8) is 0 Å². The van der Waals surface area contributed by atoms with Gasteiger partial charge in [-0.15, -0.1) is 0 Å². The lowest BCUT2D eigenvalue weighted by Gasteiger charge is -2.28. The first-order valence-corrected chi connectivity index (χ1v) is 11.2. The standard InChI is InChI=1S/C24H26ClN3O5/c1-13(2)22(21-8-14(3)26-33-21)24(31)28-12-18(29)11-20(28)23(30)27-32-19-7-5-15-9-17(25)6-4-16(15)10-19/h4-10,13,18,20,22,29H,11-12H2,1-3H3,(H,27,30)/t18-,20+,22+/m1/s1. The van der Waals surface area contributed by atoms with Gasteiger partial charge in [0.15, 0.2) is 5.75 Å². The van der Waals surface area contributed by atoms with Gasteiger partial charge in [0.25, 0.3) is 5.91 Å². The Labute approximate surface area is 196 Å². The summed E-state index contributed by atoms with van der Waals surface area (Å²) >= 11 is 6.02. The lowest BCUT2D eigenvalue weighted by atomic mass is 9.91. The van der Waals surface area contributed by atoms with E-state index in [0.717, 1.165) is 10.8 Å². The molecule has 2 amide bonds. The number of aliphatic hydroxyl groups excluding tert-OH is 1. The molecule has 1 aliphatic rings. The number of carbonyl (C=O) groups excluding carboxylic acids is 2. The Balaban J connectivity index is 1.48. The third-order valence-electron chi connectivity index (χ3n) is 5.79. The average molecular weight is 472 g/mol. The molecule has 1 aliphatic heterocycles. The zero-order valence-electron chi connectivity index (χ0n) is 18.6. The van der Waals surface area contributed by atoms with E-state index in [1.807, 2.05) is 32.0 Å². The highest BCUT2D eigenvalue weighted by molar-refractivity contribution is 6.31. The molecule has 0 aliphatic carbocycles. The van der Waals surface area contributed by atoms with E-state index < -0.39 is 24.0 Å². The quantitative estimate of drug-likeness (QED) is 0.532. The molecule has 4 rings (SSSR count). The third kappa shape index (κ3) is 4.96. The number of nitrogens with zero attached hydrogens (tertiary/aromatic N) is 2. The Morgan fingerprint density at radius 2 is 1.94 bits per heavy atom. The number of nitrogens with one attached hydrogen (secondary N) is 1. The fourth-order valence-electron chi connectivity index (χ4n) is 4.19. The van der Waals surface area contributed by atoms with Crippen molar-refractivity contribution in [2.75, 3.05) is 6.54 Å². The van der Waals surface area contributed by atoms with Crippen LogP contribution in [-0.2, 0) is 9.59 Å². The van der Waals surface area contributed by atoms with Crippen LogP contribution in [0.15, 0.2) is 47.0 Å². The minimum absolute atomic E-state index is 0.0595. The molecule has 1 aromatic heterocycles. The number of halogens is 1. The number of likely N-dealkylation sites (tertiary alicyclic amines) is 1. The molecule has 2 N–H and O–H groups in total. The van der Waals surface area contributed by atoms with Crippen LogP contribution < -0.4 is 10.3 Å². The summed E-state index contributed by atoms with van der Waals surface area (Å²) in [5.41, 5.74) is 3.10. The van der Waals surface area contributed by atoms with E-state index in [2.05, 4.69) is 10.6 Å². The molecule has 1 fully saturated rings. The van der Waals surface area contributed by atoms with Crippen LogP contribution in [0.5, 0.6) is 5.75 Å². The summed E-state index contributed by atoms with van der Waals surface area (Å²) in [4.78, 5) is 33.2. The van der Waals surface area contributed by atoms with Gasteiger partial charge < -0.3 is 19.4 Å². The number of aryl methyl sites for hydroxylation is 1. The zero-order valence-corrected chi connectivity index (χ0v) is 19.4. The van der Waals surface area contributed by atoms with Crippen LogP contribution in [0.3, 0.4) is 0 Å². The molecule has 0 bridgehead atoms. The zero-order chi connectivity index (χ0) is 23.7. The molecule has 0 spiro atoms. The second kappa shape index (κ2) is 9.41. The summed E-state index contributed by atoms with van der Waals surface area (Å²) in [7, 11) is 0. The Kier molecular flexibility index (Phi) is 6.58. The van der Waals surface area contributed by atoms with Gasteiger partial charge in [-0.05, 0) is 47.9 Å². The second-order valence-corrected chi connectivity index (χ2v) is 9.15. The smallest absolute Gasteiger partial charge is 0.275 e. The third-order valence-corrected chi connectivity index (χ3v) is 6.03. The van der Waals surface area contributed by atoms with Gasteiger partial charge in [0.1, 0.15) is 17.7 Å². The summed E-state index contributed by atoms with van der Waals surface area (Å²) in [5.74, 6) is -0.617. The molecule has 9 heteroatoms. The van der Waals surface area contributed by atoms with Crippen LogP contribution in [0.4, 0.5) is 0 Å². The molecule has 2 aromatic carbocycles. The summed E-state index contributed by atoms with van der Waals surface area (Å²) in [6.45, 7) is 5.64. The summed E-state index contributed by atoms with van der Waals surface area (Å²) < 4.78 is 5.35. The predicted octanol–water partition coefficient (Wildman–Crippen LogP) is 3.60. The number of benzene rings is 2. The molecule has 2 heterocycles. The number of carbonyl (C=O) groups is 2. The van der Waals surface area contributed by atoms with E-state index in [-0.39, 0.29) is 24.8 Å². The predicted molar refractivity (Wildman–Crippen MR) is 123 cm³/mol. The van der Waals surface area contributed by atoms with Gasteiger partial charge in [-0.25, -0.2) is 0 Å². The van der Waals surface area contributed by atoms with E-state index in [1.165, 1.54) is 4.90 Å². The van der Waals surface area contributed by atoms with Gasteiger partial charge >= 0.3 is 0 Å². The molecule has 1 saturated heterocycles. The lowest BCUT2D eigenvalue weighted by molar-refractivity contribution is -0.143. The van der Waals surface area contributed by atoms with Crippen molar-refractivity contribution in [2.45, 2.75) is 45.3 Å². The fraction of sp³-hybridized carbons (Fsp3) is 0.375. The normalized spacial score (nSPS) is 19.2. The van der Waals surface area contributed by atoms with Crippen LogP contribution in [0.1, 0.15) is 37.6 Å². The monoisotopic (exact) mass is 471 g/mol. The molecule has 0 radical (unpaired) electrons. The summed E-state index contributed by atoms with van der Waals surface area (Å²) in [5, 5.41) is 16.6. The van der Waals surface area contributed by atoms with Gasteiger partial charge in [-0.2, -0.15) is 5.48 Å².